The van der Waals surface area contributed by atoms with Crippen molar-refractivity contribution in [2.75, 3.05) is 6.54 Å². The van der Waals surface area contributed by atoms with Crippen molar-refractivity contribution in [3.05, 3.63) is 77.3 Å². The first-order chi connectivity index (χ1) is 14.8. The third kappa shape index (κ3) is 7.18. The quantitative estimate of drug-likeness (QED) is 0.410. The second-order valence-electron chi connectivity index (χ2n) is 7.70. The minimum absolute atomic E-state index is 0.0722. The number of carboxylic acid groups (broad SMARTS) is 1. The van der Waals surface area contributed by atoms with Gasteiger partial charge in [-0.15, -0.1) is 0 Å². The Labute approximate surface area is 188 Å². The number of nitrogens with zero attached hydrogens (tertiary/aromatic N) is 1. The van der Waals surface area contributed by atoms with E-state index >= 15 is 0 Å². The van der Waals surface area contributed by atoms with E-state index in [4.69, 9.17) is 16.7 Å². The molecule has 0 unspecified atom stereocenters. The average Bonchev–Trinajstić information content (AvgIpc) is 3.08. The molecule has 0 amide bonds. The summed E-state index contributed by atoms with van der Waals surface area (Å²) in [5, 5.41) is 9.27. The monoisotopic (exact) mass is 462 g/mol. The van der Waals surface area contributed by atoms with Gasteiger partial charge in [0.1, 0.15) is 0 Å². The topological polar surface area (TPSA) is 86.7 Å². The zero-order valence-corrected chi connectivity index (χ0v) is 18.7. The van der Waals surface area contributed by atoms with Gasteiger partial charge in [0.05, 0.1) is 4.90 Å². The molecule has 1 heterocycles. The number of carboxylic acids is 1. The number of benzene rings is 2. The van der Waals surface area contributed by atoms with Gasteiger partial charge in [0, 0.05) is 36.6 Å². The molecular weight excluding hydrogens is 436 g/mol. The fraction of sp³-hybridized carbons (Fsp3) is 0.348. The predicted molar refractivity (Wildman–Crippen MR) is 121 cm³/mol. The Kier molecular flexibility index (Phi) is 8.26. The molecule has 1 saturated heterocycles. The van der Waals surface area contributed by atoms with E-state index in [1.165, 1.54) is 12.1 Å². The van der Waals surface area contributed by atoms with Crippen LogP contribution < -0.4 is 4.72 Å². The Balaban J connectivity index is 1.68. The Morgan fingerprint density at radius 3 is 2.55 bits per heavy atom. The van der Waals surface area contributed by atoms with Crippen LogP contribution in [0.15, 0.2) is 71.6 Å². The van der Waals surface area contributed by atoms with E-state index in [2.05, 4.69) is 27.8 Å². The maximum Gasteiger partial charge on any atom is 0.303 e. The molecule has 3 rings (SSSR count). The lowest BCUT2D eigenvalue weighted by Crippen LogP contribution is -2.37. The maximum atomic E-state index is 12.8. The molecule has 31 heavy (non-hydrogen) atoms. The van der Waals surface area contributed by atoms with Gasteiger partial charge in [-0.05, 0) is 49.1 Å². The Hall–Kier alpha value is -2.19. The summed E-state index contributed by atoms with van der Waals surface area (Å²) < 4.78 is 28.4. The van der Waals surface area contributed by atoms with Gasteiger partial charge in [0.15, 0.2) is 0 Å². The van der Waals surface area contributed by atoms with Gasteiger partial charge >= 0.3 is 5.97 Å². The van der Waals surface area contributed by atoms with Gasteiger partial charge < -0.3 is 5.11 Å². The van der Waals surface area contributed by atoms with E-state index < -0.39 is 16.0 Å². The number of likely N-dealkylation sites (tertiary alicyclic amines) is 1. The van der Waals surface area contributed by atoms with E-state index in [1.807, 2.05) is 24.3 Å². The standard InChI is InChI=1S/C23H27ClN2O4S/c24-19-11-13-22(14-12-19)31(29,30)25-20-15-21(9-5-2-6-10-23(27)28)26(17-20)16-18-7-3-1-4-8-18/h1,3-5,7-9,11-14,20-21,25H,2,6,10,15-17H2,(H,27,28)/t20-,21-/m1/s1. The molecule has 0 saturated carbocycles. The SMILES string of the molecule is O=C(O)CCCC=C[C@@H]1C[C@@H](NS(=O)(=O)c2ccc(Cl)cc2)CN1Cc1ccccc1. The summed E-state index contributed by atoms with van der Waals surface area (Å²) in [6.45, 7) is 1.30. The Bertz CT molecular complexity index is 994. The predicted octanol–water partition coefficient (Wildman–Crippen LogP) is 4.07. The van der Waals surface area contributed by atoms with Crippen LogP contribution in [0.1, 0.15) is 31.2 Å². The van der Waals surface area contributed by atoms with Crippen LogP contribution in [0.25, 0.3) is 0 Å². The number of unbranched alkanes of at least 4 members (excludes halogenated alkanes) is 1. The summed E-state index contributed by atoms with van der Waals surface area (Å²) in [4.78, 5) is 13.1. The van der Waals surface area contributed by atoms with Crippen LogP contribution in [0.3, 0.4) is 0 Å². The molecule has 0 bridgehead atoms. The summed E-state index contributed by atoms with van der Waals surface area (Å²) in [5.41, 5.74) is 1.16. The summed E-state index contributed by atoms with van der Waals surface area (Å²) >= 11 is 5.87. The largest absolute Gasteiger partial charge is 0.481 e. The molecule has 0 aliphatic carbocycles. The molecule has 6 nitrogen and oxygen atoms in total. The van der Waals surface area contributed by atoms with Crippen molar-refractivity contribution in [1.82, 2.24) is 9.62 Å². The number of aliphatic carboxylic acids is 1. The van der Waals surface area contributed by atoms with E-state index in [0.717, 1.165) is 5.56 Å². The van der Waals surface area contributed by atoms with Crippen LogP contribution in [0, 0.1) is 0 Å². The highest BCUT2D eigenvalue weighted by atomic mass is 35.5. The van der Waals surface area contributed by atoms with Gasteiger partial charge in [-0.1, -0.05) is 54.1 Å². The fourth-order valence-corrected chi connectivity index (χ4v) is 5.11. The van der Waals surface area contributed by atoms with Crippen molar-refractivity contribution in [3.63, 3.8) is 0 Å². The van der Waals surface area contributed by atoms with E-state index in [9.17, 15) is 13.2 Å². The van der Waals surface area contributed by atoms with E-state index in [-0.39, 0.29) is 23.4 Å². The molecule has 2 aromatic carbocycles. The van der Waals surface area contributed by atoms with Gasteiger partial charge in [-0.3, -0.25) is 9.69 Å². The van der Waals surface area contributed by atoms with Gasteiger partial charge in [-0.2, -0.15) is 0 Å². The summed E-state index contributed by atoms with van der Waals surface area (Å²) in [6.07, 6.45) is 6.14. The minimum Gasteiger partial charge on any atom is -0.481 e. The molecular formula is C23H27ClN2O4S. The molecule has 2 aromatic rings. The Morgan fingerprint density at radius 2 is 1.87 bits per heavy atom. The molecule has 1 aliphatic heterocycles. The molecule has 1 fully saturated rings. The number of carbonyl (C=O) groups is 1. The number of hydrogen-bond donors (Lipinski definition) is 2. The second-order valence-corrected chi connectivity index (χ2v) is 9.85. The van der Waals surface area contributed by atoms with Crippen molar-refractivity contribution in [2.45, 2.75) is 49.2 Å². The highest BCUT2D eigenvalue weighted by Crippen LogP contribution is 2.24. The first kappa shape index (κ1) is 23.5. The average molecular weight is 463 g/mol. The van der Waals surface area contributed by atoms with E-state index in [1.54, 1.807) is 12.1 Å². The molecule has 2 N–H and O–H groups in total. The third-order valence-corrected chi connectivity index (χ3v) is 7.03. The lowest BCUT2D eigenvalue weighted by molar-refractivity contribution is -0.137. The zero-order chi connectivity index (χ0) is 22.3. The number of hydrogen-bond acceptors (Lipinski definition) is 4. The van der Waals surface area contributed by atoms with Gasteiger partial charge in [-0.25, -0.2) is 13.1 Å². The summed E-state index contributed by atoms with van der Waals surface area (Å²) in [6, 6.07) is 16.0. The number of nitrogens with one attached hydrogen (secondary N) is 1. The third-order valence-electron chi connectivity index (χ3n) is 5.24. The van der Waals surface area contributed by atoms with Gasteiger partial charge in [0.2, 0.25) is 10.0 Å². The zero-order valence-electron chi connectivity index (χ0n) is 17.2. The molecule has 0 radical (unpaired) electrons. The van der Waals surface area contributed by atoms with Crippen molar-refractivity contribution in [1.29, 1.82) is 0 Å². The molecule has 166 valence electrons. The number of allylic oxidation sites excluding steroid dienone is 1. The van der Waals surface area contributed by atoms with Crippen LogP contribution in [-0.4, -0.2) is 43.0 Å². The highest BCUT2D eigenvalue weighted by molar-refractivity contribution is 7.89. The van der Waals surface area contributed by atoms with Crippen LogP contribution >= 0.6 is 11.6 Å². The number of rotatable bonds is 10. The summed E-state index contributed by atoms with van der Waals surface area (Å²) in [5.74, 6) is -0.795. The molecule has 1 aliphatic rings. The van der Waals surface area contributed by atoms with Crippen molar-refractivity contribution >= 4 is 27.6 Å². The normalized spacial score (nSPS) is 19.8. The number of sulfonamides is 1. The van der Waals surface area contributed by atoms with Crippen LogP contribution in [0.2, 0.25) is 5.02 Å². The molecule has 2 atom stereocenters. The maximum absolute atomic E-state index is 12.8. The fourth-order valence-electron chi connectivity index (χ4n) is 3.74. The highest BCUT2D eigenvalue weighted by Gasteiger charge is 2.33. The molecule has 0 aromatic heterocycles. The van der Waals surface area contributed by atoms with Crippen LogP contribution in [0.5, 0.6) is 0 Å². The van der Waals surface area contributed by atoms with Gasteiger partial charge in [0.25, 0.3) is 0 Å². The lowest BCUT2D eigenvalue weighted by atomic mass is 10.1. The minimum atomic E-state index is -3.64. The van der Waals surface area contributed by atoms with Crippen molar-refractivity contribution < 1.29 is 18.3 Å². The van der Waals surface area contributed by atoms with Crippen molar-refractivity contribution in [3.8, 4) is 0 Å². The lowest BCUT2D eigenvalue weighted by Gasteiger charge is -2.22. The number of halogens is 1. The Morgan fingerprint density at radius 1 is 1.16 bits per heavy atom. The smallest absolute Gasteiger partial charge is 0.303 e. The van der Waals surface area contributed by atoms with Crippen molar-refractivity contribution in [2.24, 2.45) is 0 Å². The first-order valence-electron chi connectivity index (χ1n) is 10.3. The van der Waals surface area contributed by atoms with E-state index in [0.29, 0.717) is 37.4 Å². The van der Waals surface area contributed by atoms with Crippen LogP contribution in [-0.2, 0) is 21.4 Å². The first-order valence-corrected chi connectivity index (χ1v) is 12.1. The summed E-state index contributed by atoms with van der Waals surface area (Å²) in [7, 11) is -3.64. The molecule has 0 spiro atoms. The van der Waals surface area contributed by atoms with Crippen LogP contribution in [0.4, 0.5) is 0 Å². The molecule has 8 heteroatoms. The second kappa shape index (κ2) is 10.9.